The molecule has 0 saturated carbocycles. The van der Waals surface area contributed by atoms with E-state index in [4.69, 9.17) is 0 Å². The predicted octanol–water partition coefficient (Wildman–Crippen LogP) is 0.793. The van der Waals surface area contributed by atoms with E-state index in [1.807, 2.05) is 6.26 Å². The van der Waals surface area contributed by atoms with Crippen LogP contribution < -0.4 is 9.79 Å². The predicted molar refractivity (Wildman–Crippen MR) is 46.8 cm³/mol. The van der Waals surface area contributed by atoms with E-state index in [1.54, 1.807) is 22.1 Å². The van der Waals surface area contributed by atoms with Crippen LogP contribution in [-0.2, 0) is 4.79 Å². The Morgan fingerprint density at radius 2 is 2.36 bits per heavy atom. The Morgan fingerprint density at radius 3 is 2.82 bits per heavy atom. The quantitative estimate of drug-likeness (QED) is 0.505. The fourth-order valence-electron chi connectivity index (χ4n) is 0.481. The Morgan fingerprint density at radius 1 is 1.64 bits per heavy atom. The van der Waals surface area contributed by atoms with E-state index in [9.17, 15) is 4.79 Å². The van der Waals surface area contributed by atoms with Gasteiger partial charge in [0, 0.05) is 22.3 Å². The average molecular weight is 207 g/mol. The van der Waals surface area contributed by atoms with E-state index in [0.717, 1.165) is 4.34 Å². The smallest absolute Gasteiger partial charge is 0.243 e. The third-order valence-corrected chi connectivity index (χ3v) is 4.30. The Hall–Kier alpha value is -0.200. The number of carbonyl (C=O) groups is 1. The SMILES string of the molecule is CSc1[nH+]c(=NC(C)=O)ss1. The number of aromatic nitrogens is 1. The van der Waals surface area contributed by atoms with Crippen LogP contribution in [0.2, 0.25) is 0 Å². The number of aromatic amines is 1. The highest BCUT2D eigenvalue weighted by molar-refractivity contribution is 8.01. The van der Waals surface area contributed by atoms with Crippen LogP contribution in [0.4, 0.5) is 0 Å². The highest BCUT2D eigenvalue weighted by Crippen LogP contribution is 2.14. The van der Waals surface area contributed by atoms with Crippen LogP contribution >= 0.6 is 32.4 Å². The molecule has 11 heavy (non-hydrogen) atoms. The molecule has 1 amide bonds. The zero-order valence-electron chi connectivity index (χ0n) is 6.08. The van der Waals surface area contributed by atoms with Gasteiger partial charge in [-0.05, 0) is 16.6 Å². The number of hydrogen-bond donors (Lipinski definition) is 0. The van der Waals surface area contributed by atoms with Gasteiger partial charge in [0.25, 0.3) is 0 Å². The molecule has 0 spiro atoms. The molecule has 0 aliphatic carbocycles. The molecule has 0 unspecified atom stereocenters. The van der Waals surface area contributed by atoms with Gasteiger partial charge in [-0.1, -0.05) is 11.8 Å². The van der Waals surface area contributed by atoms with Crippen LogP contribution in [0.15, 0.2) is 9.33 Å². The number of nitrogens with one attached hydrogen (secondary N) is 1. The second kappa shape index (κ2) is 3.99. The van der Waals surface area contributed by atoms with E-state index in [-0.39, 0.29) is 5.91 Å². The van der Waals surface area contributed by atoms with Gasteiger partial charge in [0.15, 0.2) is 0 Å². The third-order valence-electron chi connectivity index (χ3n) is 0.850. The summed E-state index contributed by atoms with van der Waals surface area (Å²) in [5, 5.41) is 0. The molecule has 6 heteroatoms. The molecule has 60 valence electrons. The van der Waals surface area contributed by atoms with Gasteiger partial charge in [0.1, 0.15) is 0 Å². The molecule has 1 aromatic heterocycles. The molecule has 0 radical (unpaired) electrons. The summed E-state index contributed by atoms with van der Waals surface area (Å²) in [5.74, 6) is -0.164. The van der Waals surface area contributed by atoms with Crippen LogP contribution in [0.5, 0.6) is 0 Å². The molecule has 1 aromatic rings. The fraction of sp³-hybridized carbons (Fsp3) is 0.400. The van der Waals surface area contributed by atoms with Crippen LogP contribution in [0.3, 0.4) is 0 Å². The van der Waals surface area contributed by atoms with Crippen molar-refractivity contribution in [2.75, 3.05) is 6.26 Å². The topological polar surface area (TPSA) is 43.6 Å². The second-order valence-corrected chi connectivity index (χ2v) is 4.92. The summed E-state index contributed by atoms with van der Waals surface area (Å²) in [6.07, 6.45) is 1.98. The molecule has 1 N–H and O–H groups in total. The Kier molecular flexibility index (Phi) is 3.22. The molecule has 1 heterocycles. The summed E-state index contributed by atoms with van der Waals surface area (Å²) in [7, 11) is 3.07. The van der Waals surface area contributed by atoms with E-state index in [2.05, 4.69) is 9.98 Å². The minimum absolute atomic E-state index is 0.164. The minimum Gasteiger partial charge on any atom is -0.243 e. The lowest BCUT2D eigenvalue weighted by atomic mass is 10.8. The normalized spacial score (nSPS) is 12.0. The van der Waals surface area contributed by atoms with Crippen molar-refractivity contribution < 1.29 is 9.78 Å². The number of rotatable bonds is 1. The van der Waals surface area contributed by atoms with Crippen LogP contribution in [0.25, 0.3) is 0 Å². The number of nitrogens with zero attached hydrogens (tertiary/aromatic N) is 1. The molecule has 0 atom stereocenters. The lowest BCUT2D eigenvalue weighted by Gasteiger charge is -1.72. The first-order chi connectivity index (χ1) is 5.22. The maximum absolute atomic E-state index is 10.5. The van der Waals surface area contributed by atoms with E-state index >= 15 is 0 Å². The van der Waals surface area contributed by atoms with Gasteiger partial charge in [-0.25, -0.2) is 9.78 Å². The molecule has 0 aliphatic rings. The average Bonchev–Trinajstić information content (AvgIpc) is 2.34. The van der Waals surface area contributed by atoms with Crippen molar-refractivity contribution >= 4 is 38.3 Å². The fourth-order valence-corrected chi connectivity index (χ4v) is 3.43. The van der Waals surface area contributed by atoms with Crippen LogP contribution in [0, 0.1) is 0 Å². The van der Waals surface area contributed by atoms with Gasteiger partial charge in [0.05, 0.1) is 0 Å². The summed E-state index contributed by atoms with van der Waals surface area (Å²) in [5.41, 5.74) is 0. The summed E-state index contributed by atoms with van der Waals surface area (Å²) in [4.78, 5) is 18.0. The van der Waals surface area contributed by atoms with Crippen molar-refractivity contribution in [3.8, 4) is 0 Å². The van der Waals surface area contributed by atoms with Crippen LogP contribution in [0.1, 0.15) is 6.92 Å². The van der Waals surface area contributed by atoms with Gasteiger partial charge < -0.3 is 0 Å². The number of hydrogen-bond acceptors (Lipinski definition) is 4. The molecule has 0 aromatic carbocycles. The molecule has 1 rings (SSSR count). The van der Waals surface area contributed by atoms with E-state index in [0.29, 0.717) is 4.80 Å². The highest BCUT2D eigenvalue weighted by atomic mass is 32.9. The van der Waals surface area contributed by atoms with Gasteiger partial charge in [-0.15, -0.1) is 0 Å². The Balaban J connectivity index is 2.97. The number of thioether (sulfide) groups is 1. The van der Waals surface area contributed by atoms with E-state index in [1.165, 1.54) is 17.3 Å². The highest BCUT2D eigenvalue weighted by Gasteiger charge is 2.03. The largest absolute Gasteiger partial charge is 0.395 e. The van der Waals surface area contributed by atoms with Crippen molar-refractivity contribution in [2.45, 2.75) is 11.3 Å². The zero-order chi connectivity index (χ0) is 8.27. The van der Waals surface area contributed by atoms with Crippen molar-refractivity contribution in [3.63, 3.8) is 0 Å². The summed E-state index contributed by atoms with van der Waals surface area (Å²) < 4.78 is 1.08. The maximum Gasteiger partial charge on any atom is 0.395 e. The first-order valence-electron chi connectivity index (χ1n) is 2.84. The van der Waals surface area contributed by atoms with E-state index < -0.39 is 0 Å². The summed E-state index contributed by atoms with van der Waals surface area (Å²) in [6.45, 7) is 1.44. The number of H-pyrrole nitrogens is 1. The lowest BCUT2D eigenvalue weighted by molar-refractivity contribution is -0.433. The third kappa shape index (κ3) is 2.72. The summed E-state index contributed by atoms with van der Waals surface area (Å²) >= 11 is 1.62. The van der Waals surface area contributed by atoms with Crippen molar-refractivity contribution in [3.05, 3.63) is 4.80 Å². The van der Waals surface area contributed by atoms with Gasteiger partial charge >= 0.3 is 10.7 Å². The lowest BCUT2D eigenvalue weighted by Crippen LogP contribution is -2.23. The molecule has 3 nitrogen and oxygen atoms in total. The molecular formula is C5H7N2OS3+. The minimum atomic E-state index is -0.164. The molecule has 0 aliphatic heterocycles. The number of carbonyl (C=O) groups excluding carboxylic acids is 1. The number of amides is 1. The molecule has 0 saturated heterocycles. The van der Waals surface area contributed by atoms with Gasteiger partial charge in [0.2, 0.25) is 4.34 Å². The molecule has 0 fully saturated rings. The zero-order valence-corrected chi connectivity index (χ0v) is 8.53. The monoisotopic (exact) mass is 207 g/mol. The molecular weight excluding hydrogens is 200 g/mol. The first-order valence-corrected chi connectivity index (χ1v) is 6.21. The standard InChI is InChI=1S/C5H6N2OS3/c1-3(8)6-4-7-5(9-2)11-10-4/h1-2H3/p+1. The Labute approximate surface area is 75.6 Å². The Bertz CT molecular complexity index is 314. The van der Waals surface area contributed by atoms with Gasteiger partial charge in [-0.3, -0.25) is 0 Å². The molecule has 0 bridgehead atoms. The van der Waals surface area contributed by atoms with Crippen LogP contribution in [-0.4, -0.2) is 12.2 Å². The van der Waals surface area contributed by atoms with Crippen molar-refractivity contribution in [1.82, 2.24) is 0 Å². The second-order valence-electron chi connectivity index (χ2n) is 1.72. The first kappa shape index (κ1) is 8.89. The van der Waals surface area contributed by atoms with Crippen molar-refractivity contribution in [1.29, 1.82) is 0 Å². The van der Waals surface area contributed by atoms with Gasteiger partial charge in [-0.2, -0.15) is 0 Å². The van der Waals surface area contributed by atoms with Crippen molar-refractivity contribution in [2.24, 2.45) is 4.99 Å². The maximum atomic E-state index is 10.5. The summed E-state index contributed by atoms with van der Waals surface area (Å²) in [6, 6.07) is 0.